The predicted molar refractivity (Wildman–Crippen MR) is 62.2 cm³/mol. The zero-order valence-corrected chi connectivity index (χ0v) is 9.64. The van der Waals surface area contributed by atoms with Crippen molar-refractivity contribution in [1.82, 2.24) is 5.32 Å². The van der Waals surface area contributed by atoms with E-state index in [-0.39, 0.29) is 11.9 Å². The van der Waals surface area contributed by atoms with Gasteiger partial charge in [-0.25, -0.2) is 0 Å². The number of benzene rings is 1. The van der Waals surface area contributed by atoms with E-state index in [1.165, 1.54) is 0 Å². The number of carbonyl (C=O) groups is 1. The van der Waals surface area contributed by atoms with Crippen LogP contribution in [0.15, 0.2) is 18.2 Å². The maximum atomic E-state index is 11.8. The maximum Gasteiger partial charge on any atom is 0.251 e. The van der Waals surface area contributed by atoms with Gasteiger partial charge in [0.05, 0.1) is 0 Å². The van der Waals surface area contributed by atoms with Crippen LogP contribution in [0.4, 0.5) is 0 Å². The zero-order chi connectivity index (χ0) is 11.4. The Balaban J connectivity index is 2.87. The van der Waals surface area contributed by atoms with Crippen LogP contribution in [-0.4, -0.2) is 18.5 Å². The monoisotopic (exact) mass is 226 g/mol. The average molecular weight is 227 g/mol. The van der Waals surface area contributed by atoms with E-state index in [4.69, 9.17) is 17.3 Å². The molecule has 4 heteroatoms. The van der Waals surface area contributed by atoms with Crippen molar-refractivity contribution in [2.75, 3.05) is 6.54 Å². The molecule has 15 heavy (non-hydrogen) atoms. The molecule has 0 saturated heterocycles. The Hall–Kier alpha value is -1.06. The Morgan fingerprint density at radius 2 is 2.27 bits per heavy atom. The first-order valence-corrected chi connectivity index (χ1v) is 5.20. The summed E-state index contributed by atoms with van der Waals surface area (Å²) in [5, 5.41) is 3.39. The number of nitrogens with two attached hydrogens (primary N) is 1. The summed E-state index contributed by atoms with van der Waals surface area (Å²) >= 11 is 5.92. The van der Waals surface area contributed by atoms with Gasteiger partial charge < -0.3 is 11.1 Å². The number of amides is 1. The molecule has 0 radical (unpaired) electrons. The van der Waals surface area contributed by atoms with E-state index in [1.54, 1.807) is 18.2 Å². The Morgan fingerprint density at radius 3 is 2.87 bits per heavy atom. The van der Waals surface area contributed by atoms with Gasteiger partial charge in [-0.15, -0.1) is 0 Å². The van der Waals surface area contributed by atoms with Gasteiger partial charge in [0.1, 0.15) is 0 Å². The number of hydrogen-bond acceptors (Lipinski definition) is 2. The van der Waals surface area contributed by atoms with Gasteiger partial charge in [-0.2, -0.15) is 0 Å². The van der Waals surface area contributed by atoms with Crippen molar-refractivity contribution < 1.29 is 4.79 Å². The van der Waals surface area contributed by atoms with E-state index in [0.717, 1.165) is 5.56 Å². The molecule has 0 fully saturated rings. The van der Waals surface area contributed by atoms with Crippen LogP contribution in [-0.2, 0) is 0 Å². The van der Waals surface area contributed by atoms with Crippen LogP contribution in [0.1, 0.15) is 22.8 Å². The highest BCUT2D eigenvalue weighted by molar-refractivity contribution is 6.31. The minimum absolute atomic E-state index is 0.0316. The second-order valence-corrected chi connectivity index (χ2v) is 3.93. The molecule has 0 aliphatic rings. The Morgan fingerprint density at radius 1 is 1.60 bits per heavy atom. The van der Waals surface area contributed by atoms with Crippen LogP contribution in [0, 0.1) is 6.92 Å². The van der Waals surface area contributed by atoms with Crippen molar-refractivity contribution in [1.29, 1.82) is 0 Å². The van der Waals surface area contributed by atoms with Crippen LogP contribution in [0.2, 0.25) is 5.02 Å². The largest absolute Gasteiger partial charge is 0.348 e. The number of nitrogens with one attached hydrogen (secondary N) is 1. The highest BCUT2D eigenvalue weighted by Crippen LogP contribution is 2.18. The lowest BCUT2D eigenvalue weighted by atomic mass is 10.1. The molecule has 1 aromatic rings. The Kier molecular flexibility index (Phi) is 4.12. The number of carbonyl (C=O) groups excluding carboxylic acids is 1. The summed E-state index contributed by atoms with van der Waals surface area (Å²) in [5.41, 5.74) is 6.82. The topological polar surface area (TPSA) is 55.1 Å². The van der Waals surface area contributed by atoms with Crippen molar-refractivity contribution in [2.45, 2.75) is 19.9 Å². The molecule has 1 atom stereocenters. The molecule has 0 saturated carbocycles. The Bertz CT molecular complexity index is 366. The van der Waals surface area contributed by atoms with Gasteiger partial charge in [0.25, 0.3) is 5.91 Å². The molecular weight excluding hydrogens is 212 g/mol. The molecule has 1 aromatic carbocycles. The van der Waals surface area contributed by atoms with Crippen molar-refractivity contribution in [3.8, 4) is 0 Å². The molecule has 0 bridgehead atoms. The van der Waals surface area contributed by atoms with Gasteiger partial charge in [-0.3, -0.25) is 4.79 Å². The van der Waals surface area contributed by atoms with E-state index in [2.05, 4.69) is 5.32 Å². The molecule has 0 unspecified atom stereocenters. The summed E-state index contributed by atoms with van der Waals surface area (Å²) < 4.78 is 0. The molecule has 82 valence electrons. The van der Waals surface area contributed by atoms with Crippen LogP contribution in [0.3, 0.4) is 0 Å². The highest BCUT2D eigenvalue weighted by atomic mass is 35.5. The number of halogens is 1. The molecule has 0 aliphatic heterocycles. The van der Waals surface area contributed by atoms with Crippen LogP contribution in [0.5, 0.6) is 0 Å². The van der Waals surface area contributed by atoms with Crippen molar-refractivity contribution in [3.05, 3.63) is 34.3 Å². The minimum Gasteiger partial charge on any atom is -0.348 e. The number of hydrogen-bond donors (Lipinski definition) is 2. The smallest absolute Gasteiger partial charge is 0.251 e. The van der Waals surface area contributed by atoms with E-state index >= 15 is 0 Å². The van der Waals surface area contributed by atoms with Crippen LogP contribution in [0.25, 0.3) is 0 Å². The van der Waals surface area contributed by atoms with Crippen molar-refractivity contribution >= 4 is 17.5 Å². The lowest BCUT2D eigenvalue weighted by Gasteiger charge is -2.13. The summed E-state index contributed by atoms with van der Waals surface area (Å²) in [7, 11) is 0. The maximum absolute atomic E-state index is 11.8. The van der Waals surface area contributed by atoms with Crippen molar-refractivity contribution in [2.24, 2.45) is 5.73 Å². The molecule has 0 heterocycles. The fourth-order valence-electron chi connectivity index (χ4n) is 1.21. The minimum atomic E-state index is -0.132. The lowest BCUT2D eigenvalue weighted by molar-refractivity contribution is 0.0940. The fourth-order valence-corrected chi connectivity index (χ4v) is 1.39. The van der Waals surface area contributed by atoms with Gasteiger partial charge in [0.15, 0.2) is 0 Å². The van der Waals surface area contributed by atoms with Crippen LogP contribution >= 0.6 is 11.6 Å². The zero-order valence-electron chi connectivity index (χ0n) is 8.88. The van der Waals surface area contributed by atoms with Gasteiger partial charge in [-0.1, -0.05) is 17.7 Å². The molecule has 1 amide bonds. The second kappa shape index (κ2) is 5.14. The van der Waals surface area contributed by atoms with Gasteiger partial charge in [0.2, 0.25) is 0 Å². The van der Waals surface area contributed by atoms with Crippen molar-refractivity contribution in [3.63, 3.8) is 0 Å². The normalized spacial score (nSPS) is 12.3. The van der Waals surface area contributed by atoms with E-state index in [9.17, 15) is 4.79 Å². The van der Waals surface area contributed by atoms with Gasteiger partial charge in [0, 0.05) is 23.2 Å². The SMILES string of the molecule is Cc1c(Cl)cccc1C(=O)N[C@H](C)CN. The summed E-state index contributed by atoms with van der Waals surface area (Å²) in [5.74, 6) is -0.132. The van der Waals surface area contributed by atoms with E-state index < -0.39 is 0 Å². The number of rotatable bonds is 3. The Labute approximate surface area is 94.6 Å². The average Bonchev–Trinajstić information content (AvgIpc) is 2.21. The first-order chi connectivity index (χ1) is 7.06. The standard InChI is InChI=1S/C11H15ClN2O/c1-7(6-13)14-11(15)9-4-3-5-10(12)8(9)2/h3-5,7H,6,13H2,1-2H3,(H,14,15)/t7-/m1/s1. The summed E-state index contributed by atoms with van der Waals surface area (Å²) in [6.07, 6.45) is 0. The third kappa shape index (κ3) is 2.94. The van der Waals surface area contributed by atoms with Gasteiger partial charge >= 0.3 is 0 Å². The fraction of sp³-hybridized carbons (Fsp3) is 0.364. The second-order valence-electron chi connectivity index (χ2n) is 3.52. The highest BCUT2D eigenvalue weighted by Gasteiger charge is 2.12. The third-order valence-corrected chi connectivity index (χ3v) is 2.65. The molecule has 0 aromatic heterocycles. The molecule has 3 N–H and O–H groups in total. The van der Waals surface area contributed by atoms with E-state index in [1.807, 2.05) is 13.8 Å². The van der Waals surface area contributed by atoms with Gasteiger partial charge in [-0.05, 0) is 31.5 Å². The third-order valence-electron chi connectivity index (χ3n) is 2.24. The summed E-state index contributed by atoms with van der Waals surface area (Å²) in [6, 6.07) is 5.24. The first kappa shape index (κ1) is 12.0. The van der Waals surface area contributed by atoms with Crippen LogP contribution < -0.4 is 11.1 Å². The molecule has 0 spiro atoms. The quantitative estimate of drug-likeness (QED) is 0.825. The summed E-state index contributed by atoms with van der Waals surface area (Å²) in [6.45, 7) is 4.10. The van der Waals surface area contributed by atoms with E-state index in [0.29, 0.717) is 17.1 Å². The molecular formula is C11H15ClN2O. The summed E-state index contributed by atoms with van der Waals surface area (Å²) in [4.78, 5) is 11.8. The molecule has 1 rings (SSSR count). The lowest BCUT2D eigenvalue weighted by Crippen LogP contribution is -2.38. The first-order valence-electron chi connectivity index (χ1n) is 4.82. The molecule has 0 aliphatic carbocycles. The molecule has 3 nitrogen and oxygen atoms in total. The predicted octanol–water partition coefficient (Wildman–Crippen LogP) is 1.73.